The van der Waals surface area contributed by atoms with Gasteiger partial charge < -0.3 is 10.1 Å². The first-order valence-electron chi connectivity index (χ1n) is 6.64. The molecule has 1 aliphatic rings. The number of hydrogen-bond donors (Lipinski definition) is 3. The van der Waals surface area contributed by atoms with E-state index in [-0.39, 0.29) is 6.04 Å². The van der Waals surface area contributed by atoms with Crippen molar-refractivity contribution in [2.75, 3.05) is 0 Å². The lowest BCUT2D eigenvalue weighted by molar-refractivity contribution is -0.139. The van der Waals surface area contributed by atoms with Crippen LogP contribution >= 0.6 is 0 Å². The lowest BCUT2D eigenvalue weighted by Crippen LogP contribution is -2.45. The third-order valence-electron chi connectivity index (χ3n) is 3.84. The van der Waals surface area contributed by atoms with Crippen LogP contribution in [-0.2, 0) is 11.2 Å². The summed E-state index contributed by atoms with van der Waals surface area (Å²) in [5, 5.41) is 12.5. The van der Waals surface area contributed by atoms with Crippen LogP contribution in [0.3, 0.4) is 0 Å². The Hall–Kier alpha value is -2.14. The molecule has 0 aliphatic carbocycles. The number of H-pyrrole nitrogens is 1. The Bertz CT molecular complexity index is 663. The Labute approximate surface area is 117 Å². The molecule has 3 N–H and O–H groups in total. The van der Waals surface area contributed by atoms with Crippen LogP contribution in [0.2, 0.25) is 0 Å². The lowest BCUT2D eigenvalue weighted by atomic mass is 9.91. The predicted octanol–water partition coefficient (Wildman–Crippen LogP) is 1.71. The molecule has 0 unspecified atom stereocenters. The second kappa shape index (κ2) is 4.76. The highest BCUT2D eigenvalue weighted by Crippen LogP contribution is 2.30. The molecule has 5 heteroatoms. The minimum atomic E-state index is -0.833. The van der Waals surface area contributed by atoms with Crippen LogP contribution in [-0.4, -0.2) is 27.1 Å². The standard InChI is InChI=1S/C15H17N3O2/c1-8-3-4-10(9(2)5-8)13-14-11(16-7-17-14)6-12(18-13)15(19)20/h3-5,7,12-13,18H,6H2,1-2H3,(H,16,17)(H,19,20)/t12-,13+/m0/s1. The molecule has 1 aliphatic heterocycles. The lowest BCUT2D eigenvalue weighted by Gasteiger charge is -2.29. The number of carbonyl (C=O) groups is 1. The van der Waals surface area contributed by atoms with E-state index in [0.717, 1.165) is 22.5 Å². The van der Waals surface area contributed by atoms with Crippen molar-refractivity contribution in [2.45, 2.75) is 32.4 Å². The van der Waals surface area contributed by atoms with Crippen LogP contribution in [0.15, 0.2) is 24.5 Å². The van der Waals surface area contributed by atoms with E-state index in [1.807, 2.05) is 26.0 Å². The average molecular weight is 271 g/mol. The zero-order valence-corrected chi connectivity index (χ0v) is 11.5. The molecule has 2 aromatic rings. The van der Waals surface area contributed by atoms with Crippen molar-refractivity contribution in [1.82, 2.24) is 15.3 Å². The maximum absolute atomic E-state index is 11.3. The number of aromatic amines is 1. The number of hydrogen-bond acceptors (Lipinski definition) is 3. The molecule has 2 heterocycles. The van der Waals surface area contributed by atoms with Gasteiger partial charge in [0.05, 0.1) is 18.1 Å². The summed E-state index contributed by atoms with van der Waals surface area (Å²) in [7, 11) is 0. The highest BCUT2D eigenvalue weighted by molar-refractivity contribution is 5.74. The van der Waals surface area contributed by atoms with E-state index in [4.69, 9.17) is 0 Å². The van der Waals surface area contributed by atoms with Crippen molar-refractivity contribution in [2.24, 2.45) is 0 Å². The van der Waals surface area contributed by atoms with Gasteiger partial charge in [0, 0.05) is 12.1 Å². The second-order valence-electron chi connectivity index (χ2n) is 5.32. The highest BCUT2D eigenvalue weighted by atomic mass is 16.4. The van der Waals surface area contributed by atoms with E-state index in [2.05, 4.69) is 21.4 Å². The quantitative estimate of drug-likeness (QED) is 0.777. The van der Waals surface area contributed by atoms with Crippen molar-refractivity contribution in [1.29, 1.82) is 0 Å². The summed E-state index contributed by atoms with van der Waals surface area (Å²) in [6.45, 7) is 4.09. The highest BCUT2D eigenvalue weighted by Gasteiger charge is 2.33. The number of carboxylic acid groups (broad SMARTS) is 1. The Kier molecular flexibility index (Phi) is 3.06. The topological polar surface area (TPSA) is 78.0 Å². The van der Waals surface area contributed by atoms with Gasteiger partial charge in [-0.05, 0) is 25.0 Å². The number of rotatable bonds is 2. The molecule has 2 atom stereocenters. The molecular weight excluding hydrogens is 254 g/mol. The molecular formula is C15H17N3O2. The number of nitrogens with one attached hydrogen (secondary N) is 2. The number of aromatic nitrogens is 2. The molecule has 0 saturated heterocycles. The number of fused-ring (bicyclic) bond motifs is 1. The van der Waals surface area contributed by atoms with Crippen molar-refractivity contribution in [3.63, 3.8) is 0 Å². The molecule has 0 bridgehead atoms. The van der Waals surface area contributed by atoms with Crippen LogP contribution in [0.5, 0.6) is 0 Å². The van der Waals surface area contributed by atoms with Gasteiger partial charge in [-0.25, -0.2) is 4.98 Å². The van der Waals surface area contributed by atoms with Gasteiger partial charge in [-0.2, -0.15) is 0 Å². The minimum Gasteiger partial charge on any atom is -0.480 e. The van der Waals surface area contributed by atoms with Gasteiger partial charge >= 0.3 is 5.97 Å². The van der Waals surface area contributed by atoms with Crippen molar-refractivity contribution >= 4 is 5.97 Å². The van der Waals surface area contributed by atoms with Gasteiger partial charge in [-0.15, -0.1) is 0 Å². The third kappa shape index (κ3) is 2.10. The summed E-state index contributed by atoms with van der Waals surface area (Å²) in [6.07, 6.45) is 2.07. The van der Waals surface area contributed by atoms with Crippen molar-refractivity contribution < 1.29 is 9.90 Å². The van der Waals surface area contributed by atoms with Crippen LogP contribution in [0.4, 0.5) is 0 Å². The van der Waals surface area contributed by atoms with E-state index < -0.39 is 12.0 Å². The van der Waals surface area contributed by atoms with Crippen LogP contribution in [0.1, 0.15) is 34.1 Å². The summed E-state index contributed by atoms with van der Waals surface area (Å²) in [4.78, 5) is 18.7. The van der Waals surface area contributed by atoms with Gasteiger partial charge in [0.15, 0.2) is 0 Å². The Morgan fingerprint density at radius 3 is 2.90 bits per heavy atom. The fourth-order valence-electron chi connectivity index (χ4n) is 2.83. The maximum atomic E-state index is 11.3. The average Bonchev–Trinajstić information content (AvgIpc) is 2.86. The fraction of sp³-hybridized carbons (Fsp3) is 0.333. The van der Waals surface area contributed by atoms with Gasteiger partial charge in [0.25, 0.3) is 0 Å². The summed E-state index contributed by atoms with van der Waals surface area (Å²) >= 11 is 0. The van der Waals surface area contributed by atoms with Crippen LogP contribution in [0.25, 0.3) is 0 Å². The third-order valence-corrected chi connectivity index (χ3v) is 3.84. The summed E-state index contributed by atoms with van der Waals surface area (Å²) < 4.78 is 0. The zero-order valence-electron chi connectivity index (χ0n) is 11.5. The number of imidazole rings is 1. The molecule has 0 spiro atoms. The minimum absolute atomic E-state index is 0.174. The van der Waals surface area contributed by atoms with Crippen molar-refractivity contribution in [3.8, 4) is 0 Å². The predicted molar refractivity (Wildman–Crippen MR) is 74.6 cm³/mol. The monoisotopic (exact) mass is 271 g/mol. The van der Waals surface area contributed by atoms with E-state index in [0.29, 0.717) is 6.42 Å². The van der Waals surface area contributed by atoms with Crippen LogP contribution < -0.4 is 5.32 Å². The molecule has 1 aromatic carbocycles. The smallest absolute Gasteiger partial charge is 0.321 e. The van der Waals surface area contributed by atoms with Gasteiger partial charge in [-0.3, -0.25) is 10.1 Å². The number of aliphatic carboxylic acids is 1. The Morgan fingerprint density at radius 2 is 2.20 bits per heavy atom. The molecule has 0 amide bonds. The SMILES string of the molecule is Cc1ccc([C@H]2N[C@H](C(=O)O)Cc3[nH]cnc32)c(C)c1. The molecule has 5 nitrogen and oxygen atoms in total. The zero-order chi connectivity index (χ0) is 14.3. The Balaban J connectivity index is 2.06. The first-order chi connectivity index (χ1) is 9.56. The molecule has 3 rings (SSSR count). The van der Waals surface area contributed by atoms with Crippen molar-refractivity contribution in [3.05, 3.63) is 52.6 Å². The first kappa shape index (κ1) is 12.9. The maximum Gasteiger partial charge on any atom is 0.321 e. The van der Waals surface area contributed by atoms with Gasteiger partial charge in [0.2, 0.25) is 0 Å². The van der Waals surface area contributed by atoms with E-state index >= 15 is 0 Å². The number of benzene rings is 1. The number of carboxylic acids is 1. The molecule has 104 valence electrons. The summed E-state index contributed by atoms with van der Waals surface area (Å²) in [6, 6.07) is 5.43. The molecule has 1 aromatic heterocycles. The summed E-state index contributed by atoms with van der Waals surface area (Å²) in [5.74, 6) is -0.833. The Morgan fingerprint density at radius 1 is 1.40 bits per heavy atom. The largest absolute Gasteiger partial charge is 0.480 e. The number of aryl methyl sites for hydroxylation is 2. The molecule has 0 radical (unpaired) electrons. The molecule has 20 heavy (non-hydrogen) atoms. The number of nitrogens with zero attached hydrogens (tertiary/aromatic N) is 1. The van der Waals surface area contributed by atoms with E-state index in [1.165, 1.54) is 5.56 Å². The normalized spacial score (nSPS) is 21.5. The van der Waals surface area contributed by atoms with E-state index in [1.54, 1.807) is 6.33 Å². The van der Waals surface area contributed by atoms with E-state index in [9.17, 15) is 9.90 Å². The summed E-state index contributed by atoms with van der Waals surface area (Å²) in [5.41, 5.74) is 5.21. The molecule has 0 saturated carbocycles. The fourth-order valence-corrected chi connectivity index (χ4v) is 2.83. The van der Waals surface area contributed by atoms with Crippen LogP contribution in [0, 0.1) is 13.8 Å². The van der Waals surface area contributed by atoms with Gasteiger partial charge in [-0.1, -0.05) is 23.8 Å². The molecule has 0 fully saturated rings. The first-order valence-corrected chi connectivity index (χ1v) is 6.64. The second-order valence-corrected chi connectivity index (χ2v) is 5.32. The van der Waals surface area contributed by atoms with Gasteiger partial charge in [0.1, 0.15) is 6.04 Å².